The summed E-state index contributed by atoms with van der Waals surface area (Å²) in [6.45, 7) is 2.21. The van der Waals surface area contributed by atoms with Crippen molar-refractivity contribution in [1.29, 1.82) is 0 Å². The van der Waals surface area contributed by atoms with E-state index in [1.807, 2.05) is 36.1 Å². The van der Waals surface area contributed by atoms with Crippen LogP contribution in [0.25, 0.3) is 0 Å². The minimum Gasteiger partial charge on any atom is -0.480 e. The molecule has 36 heavy (non-hydrogen) atoms. The zero-order chi connectivity index (χ0) is 26.7. The minimum absolute atomic E-state index is 0.138. The van der Waals surface area contributed by atoms with Gasteiger partial charge in [-0.3, -0.25) is 29.1 Å². The minimum atomic E-state index is -1.16. The Labute approximate surface area is 210 Å². The van der Waals surface area contributed by atoms with Crippen LogP contribution >= 0.6 is 0 Å². The van der Waals surface area contributed by atoms with Crippen molar-refractivity contribution in [3.8, 4) is 0 Å². The van der Waals surface area contributed by atoms with Crippen LogP contribution in [0, 0.1) is 6.92 Å². The number of benzene rings is 1. The summed E-state index contributed by atoms with van der Waals surface area (Å²) in [5.74, 6) is -3.36. The smallest absolute Gasteiger partial charge is 0.407 e. The lowest BCUT2D eigenvalue weighted by Gasteiger charge is -2.39. The van der Waals surface area contributed by atoms with Crippen molar-refractivity contribution in [2.45, 2.75) is 32.4 Å². The molecule has 1 saturated heterocycles. The van der Waals surface area contributed by atoms with Gasteiger partial charge >= 0.3 is 24.0 Å². The standard InChI is InChI=1S/C24H36N4O8/c1-18-5-7-19(8-6-18)3-2-4-20(28(16-22(31)32)17-23(33)34)26-11-9-25(15-21(29)30)10-12-27(14-13-26)24(35)36/h5-8,20H,2-4,9-17H2,1H3,(H,29,30)(H,31,32)(H,33,34)(H,35,36). The van der Waals surface area contributed by atoms with Crippen LogP contribution in [0.1, 0.15) is 24.0 Å². The van der Waals surface area contributed by atoms with E-state index in [1.165, 1.54) is 9.80 Å². The molecular formula is C24H36N4O8. The van der Waals surface area contributed by atoms with Gasteiger partial charge in [-0.2, -0.15) is 0 Å². The van der Waals surface area contributed by atoms with Gasteiger partial charge in [0.25, 0.3) is 0 Å². The lowest BCUT2D eigenvalue weighted by Crippen LogP contribution is -2.54. The molecule has 0 saturated carbocycles. The monoisotopic (exact) mass is 508 g/mol. The molecule has 1 aromatic carbocycles. The number of aliphatic carboxylic acids is 3. The Morgan fingerprint density at radius 2 is 1.39 bits per heavy atom. The van der Waals surface area contributed by atoms with Gasteiger partial charge in [0.1, 0.15) is 0 Å². The molecule has 0 spiro atoms. The molecule has 4 N–H and O–H groups in total. The molecule has 1 unspecified atom stereocenters. The highest BCUT2D eigenvalue weighted by Crippen LogP contribution is 2.17. The van der Waals surface area contributed by atoms with Crippen molar-refractivity contribution in [1.82, 2.24) is 19.6 Å². The van der Waals surface area contributed by atoms with Crippen LogP contribution in [-0.4, -0.2) is 129 Å². The Morgan fingerprint density at radius 1 is 0.833 bits per heavy atom. The van der Waals surface area contributed by atoms with Crippen molar-refractivity contribution in [2.24, 2.45) is 0 Å². The molecular weight excluding hydrogens is 472 g/mol. The SMILES string of the molecule is Cc1ccc(CCCC(N2CCN(CC(=O)O)CCN(C(=O)O)CC2)N(CC(=O)O)CC(=O)O)cc1. The summed E-state index contributed by atoms with van der Waals surface area (Å²) < 4.78 is 0. The summed E-state index contributed by atoms with van der Waals surface area (Å²) >= 11 is 0. The van der Waals surface area contributed by atoms with Gasteiger partial charge in [0.15, 0.2) is 0 Å². The van der Waals surface area contributed by atoms with Crippen LogP contribution in [0.15, 0.2) is 24.3 Å². The number of carboxylic acid groups (broad SMARTS) is 4. The average Bonchev–Trinajstić information content (AvgIpc) is 2.87. The van der Waals surface area contributed by atoms with E-state index in [2.05, 4.69) is 0 Å². The molecule has 1 amide bonds. The molecule has 1 aliphatic heterocycles. The Kier molecular flexibility index (Phi) is 11.6. The quantitative estimate of drug-likeness (QED) is 0.316. The number of hydrogen-bond acceptors (Lipinski definition) is 7. The number of nitrogens with zero attached hydrogens (tertiary/aromatic N) is 4. The topological polar surface area (TPSA) is 162 Å². The zero-order valence-corrected chi connectivity index (χ0v) is 20.6. The van der Waals surface area contributed by atoms with E-state index in [1.54, 1.807) is 4.90 Å². The molecule has 200 valence electrons. The van der Waals surface area contributed by atoms with Gasteiger partial charge in [0, 0.05) is 39.3 Å². The fourth-order valence-electron chi connectivity index (χ4n) is 4.41. The third-order valence-corrected chi connectivity index (χ3v) is 6.24. The maximum atomic E-state index is 11.7. The number of rotatable bonds is 12. The number of amides is 1. The molecule has 1 fully saturated rings. The molecule has 2 rings (SSSR count). The first-order chi connectivity index (χ1) is 17.0. The second-order valence-electron chi connectivity index (χ2n) is 9.03. The summed E-state index contributed by atoms with van der Waals surface area (Å²) in [4.78, 5) is 52.3. The van der Waals surface area contributed by atoms with Gasteiger partial charge in [-0.05, 0) is 31.7 Å². The number of carbonyl (C=O) groups is 4. The molecule has 0 aliphatic carbocycles. The summed E-state index contributed by atoms with van der Waals surface area (Å²) in [6.07, 6.45) is 0.117. The predicted molar refractivity (Wildman–Crippen MR) is 130 cm³/mol. The molecule has 1 atom stereocenters. The second kappa shape index (κ2) is 14.4. The first-order valence-corrected chi connectivity index (χ1v) is 11.9. The largest absolute Gasteiger partial charge is 0.480 e. The lowest BCUT2D eigenvalue weighted by atomic mass is 10.0. The van der Waals surface area contributed by atoms with Crippen LogP contribution in [0.4, 0.5) is 4.79 Å². The van der Waals surface area contributed by atoms with Gasteiger partial charge in [-0.1, -0.05) is 29.8 Å². The molecule has 1 aromatic rings. The Bertz CT molecular complexity index is 879. The summed E-state index contributed by atoms with van der Waals surface area (Å²) in [7, 11) is 0. The molecule has 0 aromatic heterocycles. The van der Waals surface area contributed by atoms with Crippen LogP contribution in [0.3, 0.4) is 0 Å². The molecule has 1 aliphatic rings. The first kappa shape index (κ1) is 29.0. The van der Waals surface area contributed by atoms with E-state index >= 15 is 0 Å². The summed E-state index contributed by atoms with van der Waals surface area (Å²) in [5, 5.41) is 37.8. The highest BCUT2D eigenvalue weighted by Gasteiger charge is 2.30. The highest BCUT2D eigenvalue weighted by molar-refractivity contribution is 5.72. The molecule has 12 heteroatoms. The normalized spacial score (nSPS) is 16.7. The van der Waals surface area contributed by atoms with Crippen LogP contribution in [0.2, 0.25) is 0 Å². The lowest BCUT2D eigenvalue weighted by molar-refractivity contribution is -0.145. The Morgan fingerprint density at radius 3 is 1.94 bits per heavy atom. The van der Waals surface area contributed by atoms with Gasteiger partial charge in [-0.15, -0.1) is 0 Å². The highest BCUT2D eigenvalue weighted by atomic mass is 16.4. The van der Waals surface area contributed by atoms with Crippen molar-refractivity contribution in [3.05, 3.63) is 35.4 Å². The maximum absolute atomic E-state index is 11.7. The van der Waals surface area contributed by atoms with Gasteiger partial charge in [-0.25, -0.2) is 4.79 Å². The van der Waals surface area contributed by atoms with Crippen molar-refractivity contribution < 1.29 is 39.6 Å². The van der Waals surface area contributed by atoms with Crippen molar-refractivity contribution >= 4 is 24.0 Å². The Balaban J connectivity index is 2.28. The van der Waals surface area contributed by atoms with Gasteiger partial charge in [0.05, 0.1) is 25.8 Å². The van der Waals surface area contributed by atoms with E-state index < -0.39 is 43.3 Å². The Hall–Kier alpha value is -3.22. The average molecular weight is 509 g/mol. The second-order valence-corrected chi connectivity index (χ2v) is 9.03. The maximum Gasteiger partial charge on any atom is 0.407 e. The summed E-state index contributed by atoms with van der Waals surface area (Å²) in [5.41, 5.74) is 2.24. The van der Waals surface area contributed by atoms with Crippen LogP contribution < -0.4 is 0 Å². The van der Waals surface area contributed by atoms with Crippen LogP contribution in [0.5, 0.6) is 0 Å². The van der Waals surface area contributed by atoms with E-state index in [0.717, 1.165) is 11.1 Å². The first-order valence-electron chi connectivity index (χ1n) is 11.9. The van der Waals surface area contributed by atoms with E-state index in [9.17, 15) is 39.6 Å². The predicted octanol–water partition coefficient (Wildman–Crippen LogP) is 0.797. The van der Waals surface area contributed by atoms with Crippen molar-refractivity contribution in [3.63, 3.8) is 0 Å². The fraction of sp³-hybridized carbons (Fsp3) is 0.583. The van der Waals surface area contributed by atoms with E-state index in [-0.39, 0.29) is 32.7 Å². The fourth-order valence-corrected chi connectivity index (χ4v) is 4.41. The van der Waals surface area contributed by atoms with E-state index in [0.29, 0.717) is 32.4 Å². The summed E-state index contributed by atoms with van der Waals surface area (Å²) in [6, 6.07) is 8.05. The third-order valence-electron chi connectivity index (χ3n) is 6.24. The van der Waals surface area contributed by atoms with Crippen LogP contribution in [-0.2, 0) is 20.8 Å². The van der Waals surface area contributed by atoms with E-state index in [4.69, 9.17) is 0 Å². The van der Waals surface area contributed by atoms with Gasteiger partial charge in [0.2, 0.25) is 0 Å². The number of aryl methyl sites for hydroxylation is 2. The van der Waals surface area contributed by atoms with Crippen molar-refractivity contribution in [2.75, 3.05) is 58.9 Å². The molecule has 0 radical (unpaired) electrons. The molecule has 0 bridgehead atoms. The number of hydrogen-bond donors (Lipinski definition) is 4. The zero-order valence-electron chi connectivity index (χ0n) is 20.6. The molecule has 12 nitrogen and oxygen atoms in total. The molecule has 1 heterocycles. The number of carboxylic acids is 3. The van der Waals surface area contributed by atoms with Gasteiger partial charge < -0.3 is 25.3 Å². The third kappa shape index (κ3) is 10.2.